The van der Waals surface area contributed by atoms with Crippen molar-refractivity contribution in [1.29, 1.82) is 0 Å². The van der Waals surface area contributed by atoms with Gasteiger partial charge in [0.25, 0.3) is 5.91 Å². The Morgan fingerprint density at radius 1 is 1.77 bits per heavy atom. The number of carbonyl (C=O) groups excluding carboxylic acids is 1. The molecule has 0 saturated carbocycles. The molecule has 0 aromatic carbocycles. The van der Waals surface area contributed by atoms with E-state index in [0.29, 0.717) is 18.1 Å². The Balaban J connectivity index is 2.71. The van der Waals surface area contributed by atoms with Crippen LogP contribution in [0.2, 0.25) is 0 Å². The predicted octanol–water partition coefficient (Wildman–Crippen LogP) is 0.888. The van der Waals surface area contributed by atoms with Crippen LogP contribution in [0.4, 0.5) is 0 Å². The molecule has 3 N–H and O–H groups in total. The maximum atomic E-state index is 11.2. The number of thiophene rings is 1. The molecule has 13 heavy (non-hydrogen) atoms. The lowest BCUT2D eigenvalue weighted by molar-refractivity contribution is 0.0948. The predicted molar refractivity (Wildman–Crippen MR) is 51.3 cm³/mol. The van der Waals surface area contributed by atoms with Gasteiger partial charge in [-0.15, -0.1) is 11.3 Å². The van der Waals surface area contributed by atoms with E-state index in [1.807, 2.05) is 18.4 Å². The monoisotopic (exact) mass is 200 g/mol. The van der Waals surface area contributed by atoms with E-state index >= 15 is 0 Å². The van der Waals surface area contributed by atoms with Gasteiger partial charge in [-0.2, -0.15) is 0 Å². The third-order valence-corrected chi connectivity index (χ3v) is 2.50. The van der Waals surface area contributed by atoms with Gasteiger partial charge in [-0.1, -0.05) is 0 Å². The van der Waals surface area contributed by atoms with Crippen LogP contribution < -0.4 is 11.3 Å². The summed E-state index contributed by atoms with van der Waals surface area (Å²) < 4.78 is 5.20. The molecule has 0 fully saturated rings. The summed E-state index contributed by atoms with van der Waals surface area (Å²) in [6.45, 7) is 3.01. The first-order valence-electron chi connectivity index (χ1n) is 3.94. The molecule has 1 aromatic heterocycles. The van der Waals surface area contributed by atoms with Gasteiger partial charge in [-0.25, -0.2) is 5.84 Å². The van der Waals surface area contributed by atoms with Gasteiger partial charge in [-0.3, -0.25) is 10.2 Å². The highest BCUT2D eigenvalue weighted by Gasteiger charge is 2.11. The van der Waals surface area contributed by atoms with Crippen LogP contribution in [-0.2, 0) is 11.3 Å². The number of ether oxygens (including phenoxy) is 1. The average molecular weight is 200 g/mol. The van der Waals surface area contributed by atoms with Crippen molar-refractivity contribution >= 4 is 17.2 Å². The Hall–Kier alpha value is -0.910. The molecule has 1 aromatic rings. The van der Waals surface area contributed by atoms with Crippen LogP contribution in [0.3, 0.4) is 0 Å². The van der Waals surface area contributed by atoms with E-state index in [2.05, 4.69) is 5.43 Å². The minimum Gasteiger partial charge on any atom is -0.377 e. The lowest BCUT2D eigenvalue weighted by Gasteiger charge is -2.01. The molecule has 0 unspecified atom stereocenters. The SMILES string of the molecule is CCOCc1ccsc1C(=O)NN. The standard InChI is InChI=1S/C8H12N2O2S/c1-2-12-5-6-3-4-13-7(6)8(11)10-9/h3-4H,2,5,9H2,1H3,(H,10,11). The third-order valence-electron chi connectivity index (χ3n) is 1.55. The fourth-order valence-electron chi connectivity index (χ4n) is 0.926. The molecule has 4 nitrogen and oxygen atoms in total. The normalized spacial score (nSPS) is 10.0. The van der Waals surface area contributed by atoms with E-state index < -0.39 is 0 Å². The molecular formula is C8H12N2O2S. The van der Waals surface area contributed by atoms with Crippen molar-refractivity contribution in [2.75, 3.05) is 6.61 Å². The van der Waals surface area contributed by atoms with Gasteiger partial charge in [0.05, 0.1) is 11.5 Å². The van der Waals surface area contributed by atoms with Gasteiger partial charge < -0.3 is 4.74 Å². The van der Waals surface area contributed by atoms with Crippen LogP contribution in [0, 0.1) is 0 Å². The van der Waals surface area contributed by atoms with Gasteiger partial charge >= 0.3 is 0 Å². The molecule has 0 spiro atoms. The van der Waals surface area contributed by atoms with Crippen molar-refractivity contribution in [1.82, 2.24) is 5.43 Å². The average Bonchev–Trinajstić information content (AvgIpc) is 2.61. The quantitative estimate of drug-likeness (QED) is 0.431. The minimum atomic E-state index is -0.260. The first-order chi connectivity index (χ1) is 6.29. The third kappa shape index (κ3) is 2.51. The number of nitrogen functional groups attached to an aromatic ring is 1. The largest absolute Gasteiger partial charge is 0.377 e. The smallest absolute Gasteiger partial charge is 0.275 e. The first kappa shape index (κ1) is 10.2. The number of nitrogens with two attached hydrogens (primary N) is 1. The van der Waals surface area contributed by atoms with Crippen molar-refractivity contribution in [3.63, 3.8) is 0 Å². The topological polar surface area (TPSA) is 64.3 Å². The number of hydrazine groups is 1. The Labute approximate surface area is 80.7 Å². The number of hydrogen-bond donors (Lipinski definition) is 2. The van der Waals surface area contributed by atoms with E-state index in [4.69, 9.17) is 10.6 Å². The molecule has 1 rings (SSSR count). The highest BCUT2D eigenvalue weighted by molar-refractivity contribution is 7.12. The van der Waals surface area contributed by atoms with Crippen LogP contribution in [0.15, 0.2) is 11.4 Å². The summed E-state index contributed by atoms with van der Waals surface area (Å²) in [6.07, 6.45) is 0. The fourth-order valence-corrected chi connectivity index (χ4v) is 1.74. The zero-order valence-corrected chi connectivity index (χ0v) is 8.19. The van der Waals surface area contributed by atoms with Crippen LogP contribution in [0.25, 0.3) is 0 Å². The summed E-state index contributed by atoms with van der Waals surface area (Å²) in [5, 5.41) is 1.85. The van der Waals surface area contributed by atoms with Crippen molar-refractivity contribution in [3.05, 3.63) is 21.9 Å². The maximum absolute atomic E-state index is 11.2. The summed E-state index contributed by atoms with van der Waals surface area (Å²) in [5.41, 5.74) is 2.98. The number of nitrogens with one attached hydrogen (secondary N) is 1. The Kier molecular flexibility index (Phi) is 3.88. The second-order valence-electron chi connectivity index (χ2n) is 2.39. The summed E-state index contributed by atoms with van der Waals surface area (Å²) >= 11 is 1.36. The van der Waals surface area contributed by atoms with Gasteiger partial charge in [0.2, 0.25) is 0 Å². The van der Waals surface area contributed by atoms with Crippen molar-refractivity contribution in [2.24, 2.45) is 5.84 Å². The molecule has 0 atom stereocenters. The van der Waals surface area contributed by atoms with E-state index in [9.17, 15) is 4.79 Å². The molecule has 0 aliphatic heterocycles. The van der Waals surface area contributed by atoms with Gasteiger partial charge in [0.15, 0.2) is 0 Å². The van der Waals surface area contributed by atoms with Crippen LogP contribution in [0.5, 0.6) is 0 Å². The maximum Gasteiger partial charge on any atom is 0.275 e. The summed E-state index contributed by atoms with van der Waals surface area (Å²) in [7, 11) is 0. The first-order valence-corrected chi connectivity index (χ1v) is 4.82. The van der Waals surface area contributed by atoms with Gasteiger partial charge in [0, 0.05) is 12.2 Å². The number of carbonyl (C=O) groups is 1. The lowest BCUT2D eigenvalue weighted by atomic mass is 10.2. The number of amides is 1. The van der Waals surface area contributed by atoms with Crippen LogP contribution in [-0.4, -0.2) is 12.5 Å². The second-order valence-corrected chi connectivity index (χ2v) is 3.30. The Morgan fingerprint density at radius 3 is 3.15 bits per heavy atom. The summed E-state index contributed by atoms with van der Waals surface area (Å²) in [4.78, 5) is 11.8. The molecule has 1 heterocycles. The molecule has 0 bridgehead atoms. The molecule has 0 aliphatic carbocycles. The summed E-state index contributed by atoms with van der Waals surface area (Å²) in [5.74, 6) is 4.77. The Bertz CT molecular complexity index is 285. The molecule has 72 valence electrons. The van der Waals surface area contributed by atoms with Crippen molar-refractivity contribution in [2.45, 2.75) is 13.5 Å². The van der Waals surface area contributed by atoms with Crippen LogP contribution >= 0.6 is 11.3 Å². The lowest BCUT2D eigenvalue weighted by Crippen LogP contribution is -2.30. The zero-order chi connectivity index (χ0) is 9.68. The fraction of sp³-hybridized carbons (Fsp3) is 0.375. The molecule has 5 heteroatoms. The van der Waals surface area contributed by atoms with E-state index in [1.54, 1.807) is 0 Å². The van der Waals surface area contributed by atoms with Crippen LogP contribution in [0.1, 0.15) is 22.2 Å². The summed E-state index contributed by atoms with van der Waals surface area (Å²) in [6, 6.07) is 1.87. The van der Waals surface area contributed by atoms with Gasteiger partial charge in [-0.05, 0) is 18.4 Å². The Morgan fingerprint density at radius 2 is 2.54 bits per heavy atom. The molecule has 1 amide bonds. The van der Waals surface area contributed by atoms with E-state index in [1.165, 1.54) is 11.3 Å². The second kappa shape index (κ2) is 4.96. The van der Waals surface area contributed by atoms with E-state index in [0.717, 1.165) is 5.56 Å². The zero-order valence-electron chi connectivity index (χ0n) is 7.37. The molecule has 0 radical (unpaired) electrons. The van der Waals surface area contributed by atoms with E-state index in [-0.39, 0.29) is 5.91 Å². The minimum absolute atomic E-state index is 0.260. The van der Waals surface area contributed by atoms with Crippen molar-refractivity contribution in [3.8, 4) is 0 Å². The molecule has 0 aliphatic rings. The van der Waals surface area contributed by atoms with Gasteiger partial charge in [0.1, 0.15) is 0 Å². The highest BCUT2D eigenvalue weighted by Crippen LogP contribution is 2.17. The number of rotatable bonds is 4. The molecular weight excluding hydrogens is 188 g/mol. The molecule has 0 saturated heterocycles. The van der Waals surface area contributed by atoms with Crippen molar-refractivity contribution < 1.29 is 9.53 Å². The number of hydrogen-bond acceptors (Lipinski definition) is 4. The highest BCUT2D eigenvalue weighted by atomic mass is 32.1.